The number of imide groups is 2. The molecule has 1 heterocycles. The molecule has 0 spiro atoms. The maximum Gasteiger partial charge on any atom is 0.339 e. The lowest BCUT2D eigenvalue weighted by Crippen LogP contribution is -2.54. The van der Waals surface area contributed by atoms with E-state index in [1.165, 1.54) is 67.8 Å². The summed E-state index contributed by atoms with van der Waals surface area (Å²) in [4.78, 5) is 39.2. The van der Waals surface area contributed by atoms with Gasteiger partial charge in [-0.15, -0.1) is 6.58 Å². The fraction of sp³-hybridized carbons (Fsp3) is 0.107. The highest BCUT2D eigenvalue weighted by molar-refractivity contribution is 7.87. The molecule has 4 amide bonds. The van der Waals surface area contributed by atoms with Crippen LogP contribution >= 0.6 is 23.2 Å². The summed E-state index contributed by atoms with van der Waals surface area (Å²) in [6.45, 7) is 5.47. The molecule has 12 heteroatoms. The van der Waals surface area contributed by atoms with Crippen molar-refractivity contribution in [2.24, 2.45) is 0 Å². The first-order valence-electron chi connectivity index (χ1n) is 11.6. The molecule has 4 rings (SSSR count). The lowest BCUT2D eigenvalue weighted by atomic mass is 10.0. The Morgan fingerprint density at radius 1 is 1.02 bits per heavy atom. The zero-order valence-corrected chi connectivity index (χ0v) is 23.6. The standard InChI is InChI=1S/C28H22Cl2N2O7S/c1-4-5-18-12-17(14-24(38-3)25(18)39-40(36,37)21-10-7-19(29)8-11-21)13-22-26(33)31-28(35)32(27(22)34)20-9-6-16(2)23(30)15-20/h4,6-15H,1,5H2,2-3H3,(H,31,33,35)/b22-13+. The molecule has 0 aromatic heterocycles. The van der Waals surface area contributed by atoms with E-state index in [-0.39, 0.29) is 34.1 Å². The molecule has 9 nitrogen and oxygen atoms in total. The van der Waals surface area contributed by atoms with Crippen molar-refractivity contribution in [1.82, 2.24) is 5.32 Å². The number of rotatable bonds is 8. The number of nitrogens with zero attached hydrogens (tertiary/aromatic N) is 1. The van der Waals surface area contributed by atoms with E-state index in [0.29, 0.717) is 21.2 Å². The van der Waals surface area contributed by atoms with Gasteiger partial charge in [-0.2, -0.15) is 8.42 Å². The van der Waals surface area contributed by atoms with Crippen LogP contribution in [-0.2, 0) is 26.1 Å². The van der Waals surface area contributed by atoms with Gasteiger partial charge in [0.2, 0.25) is 0 Å². The molecule has 0 aliphatic carbocycles. The third-order valence-electron chi connectivity index (χ3n) is 5.86. The molecule has 1 aliphatic heterocycles. The van der Waals surface area contributed by atoms with Gasteiger partial charge in [-0.1, -0.05) is 35.3 Å². The van der Waals surface area contributed by atoms with Crippen LogP contribution in [0.15, 0.2) is 77.7 Å². The molecule has 3 aromatic rings. The van der Waals surface area contributed by atoms with E-state index in [1.807, 2.05) is 0 Å². The number of hydrogen-bond acceptors (Lipinski definition) is 7. The van der Waals surface area contributed by atoms with E-state index in [0.717, 1.165) is 10.5 Å². The lowest BCUT2D eigenvalue weighted by Gasteiger charge is -2.26. The number of barbiturate groups is 1. The van der Waals surface area contributed by atoms with Gasteiger partial charge in [-0.25, -0.2) is 9.69 Å². The van der Waals surface area contributed by atoms with Crippen LogP contribution in [0.3, 0.4) is 0 Å². The molecule has 0 atom stereocenters. The molecule has 1 saturated heterocycles. The van der Waals surface area contributed by atoms with Crippen LogP contribution in [0.1, 0.15) is 16.7 Å². The van der Waals surface area contributed by atoms with Crippen molar-refractivity contribution in [3.05, 3.63) is 99.6 Å². The maximum atomic E-state index is 13.3. The summed E-state index contributed by atoms with van der Waals surface area (Å²) in [5, 5.41) is 2.84. The number of urea groups is 1. The van der Waals surface area contributed by atoms with Crippen LogP contribution in [0.25, 0.3) is 6.08 Å². The molecule has 40 heavy (non-hydrogen) atoms. The van der Waals surface area contributed by atoms with Crippen molar-refractivity contribution >= 4 is 62.9 Å². The number of carbonyl (C=O) groups excluding carboxylic acids is 3. The van der Waals surface area contributed by atoms with Crippen LogP contribution in [0.5, 0.6) is 11.5 Å². The molecular formula is C28H22Cl2N2O7S. The molecular weight excluding hydrogens is 579 g/mol. The van der Waals surface area contributed by atoms with E-state index in [9.17, 15) is 22.8 Å². The van der Waals surface area contributed by atoms with E-state index in [1.54, 1.807) is 13.0 Å². The summed E-state index contributed by atoms with van der Waals surface area (Å²) in [6, 6.07) is 12.1. The van der Waals surface area contributed by atoms with E-state index < -0.39 is 28.0 Å². The maximum absolute atomic E-state index is 13.3. The monoisotopic (exact) mass is 600 g/mol. The number of methoxy groups -OCH3 is 1. The Labute approximate surface area is 240 Å². The van der Waals surface area contributed by atoms with Gasteiger partial charge in [-0.3, -0.25) is 14.9 Å². The highest BCUT2D eigenvalue weighted by Gasteiger charge is 2.37. The molecule has 0 bridgehead atoms. The molecule has 1 aliphatic rings. The number of amides is 4. The van der Waals surface area contributed by atoms with Crippen LogP contribution in [-0.4, -0.2) is 33.4 Å². The number of halogens is 2. The summed E-state index contributed by atoms with van der Waals surface area (Å²) in [5.41, 5.74) is 1.23. The van der Waals surface area contributed by atoms with Gasteiger partial charge >= 0.3 is 16.1 Å². The van der Waals surface area contributed by atoms with Crippen LogP contribution < -0.4 is 19.1 Å². The normalized spacial score (nSPS) is 14.8. The zero-order chi connectivity index (χ0) is 29.2. The highest BCUT2D eigenvalue weighted by atomic mass is 35.5. The largest absolute Gasteiger partial charge is 0.493 e. The van der Waals surface area contributed by atoms with Gasteiger partial charge in [0.15, 0.2) is 11.5 Å². The van der Waals surface area contributed by atoms with Crippen molar-refractivity contribution in [2.45, 2.75) is 18.2 Å². The lowest BCUT2D eigenvalue weighted by molar-refractivity contribution is -0.122. The number of ether oxygens (including phenoxy) is 1. The number of benzene rings is 3. The molecule has 0 saturated carbocycles. The average molecular weight is 601 g/mol. The molecule has 0 unspecified atom stereocenters. The van der Waals surface area contributed by atoms with Crippen molar-refractivity contribution in [2.75, 3.05) is 12.0 Å². The summed E-state index contributed by atoms with van der Waals surface area (Å²) in [6.07, 6.45) is 2.94. The van der Waals surface area contributed by atoms with E-state index >= 15 is 0 Å². The third-order valence-corrected chi connectivity index (χ3v) is 7.75. The molecule has 1 N–H and O–H groups in total. The second kappa shape index (κ2) is 11.5. The number of hydrogen-bond donors (Lipinski definition) is 1. The number of anilines is 1. The van der Waals surface area contributed by atoms with Crippen molar-refractivity contribution in [3.63, 3.8) is 0 Å². The van der Waals surface area contributed by atoms with Crippen molar-refractivity contribution in [3.8, 4) is 11.5 Å². The predicted molar refractivity (Wildman–Crippen MR) is 151 cm³/mol. The zero-order valence-electron chi connectivity index (χ0n) is 21.2. The molecule has 206 valence electrons. The first kappa shape index (κ1) is 28.9. The summed E-state index contributed by atoms with van der Waals surface area (Å²) >= 11 is 12.0. The number of nitrogens with one attached hydrogen (secondary N) is 1. The first-order valence-corrected chi connectivity index (χ1v) is 13.8. The van der Waals surface area contributed by atoms with Crippen LogP contribution in [0, 0.1) is 6.92 Å². The Balaban J connectivity index is 1.76. The second-order valence-electron chi connectivity index (χ2n) is 8.59. The SMILES string of the molecule is C=CCc1cc(/C=C2\C(=O)NC(=O)N(c3ccc(C)c(Cl)c3)C2=O)cc(OC)c1OS(=O)(=O)c1ccc(Cl)cc1. The number of aryl methyl sites for hydroxylation is 1. The minimum absolute atomic E-state index is 0.0191. The van der Waals surface area contributed by atoms with Gasteiger partial charge in [0.05, 0.1) is 12.8 Å². The smallest absolute Gasteiger partial charge is 0.339 e. The third kappa shape index (κ3) is 5.89. The minimum Gasteiger partial charge on any atom is -0.493 e. The Morgan fingerprint density at radius 3 is 2.35 bits per heavy atom. The summed E-state index contributed by atoms with van der Waals surface area (Å²) in [5.74, 6) is -1.85. The van der Waals surface area contributed by atoms with E-state index in [2.05, 4.69) is 11.9 Å². The first-order chi connectivity index (χ1) is 18.9. The number of carbonyl (C=O) groups is 3. The van der Waals surface area contributed by atoms with E-state index in [4.69, 9.17) is 32.1 Å². The van der Waals surface area contributed by atoms with Crippen molar-refractivity contribution < 1.29 is 31.7 Å². The van der Waals surface area contributed by atoms with Gasteiger partial charge in [0.1, 0.15) is 10.5 Å². The topological polar surface area (TPSA) is 119 Å². The Kier molecular flexibility index (Phi) is 8.34. The van der Waals surface area contributed by atoms with Gasteiger partial charge in [-0.05, 0) is 79.1 Å². The van der Waals surface area contributed by atoms with Gasteiger partial charge in [0, 0.05) is 15.6 Å². The highest BCUT2D eigenvalue weighted by Crippen LogP contribution is 2.37. The van der Waals surface area contributed by atoms with Gasteiger partial charge in [0.25, 0.3) is 11.8 Å². The number of allylic oxidation sites excluding steroid dienone is 1. The quantitative estimate of drug-likeness (QED) is 0.157. The minimum atomic E-state index is -4.27. The Bertz CT molecular complexity index is 1680. The average Bonchev–Trinajstić information content (AvgIpc) is 2.90. The molecule has 3 aromatic carbocycles. The van der Waals surface area contributed by atoms with Crippen LogP contribution in [0.4, 0.5) is 10.5 Å². The Morgan fingerprint density at radius 2 is 1.73 bits per heavy atom. The predicted octanol–water partition coefficient (Wildman–Crippen LogP) is 5.47. The summed E-state index contributed by atoms with van der Waals surface area (Å²) < 4.78 is 36.8. The van der Waals surface area contributed by atoms with Crippen LogP contribution in [0.2, 0.25) is 10.0 Å². The Hall–Kier alpha value is -4.12. The summed E-state index contributed by atoms with van der Waals surface area (Å²) in [7, 11) is -2.96. The fourth-order valence-corrected chi connectivity index (χ4v) is 5.13. The van der Waals surface area contributed by atoms with Gasteiger partial charge < -0.3 is 8.92 Å². The fourth-order valence-electron chi connectivity index (χ4n) is 3.86. The van der Waals surface area contributed by atoms with Crippen molar-refractivity contribution in [1.29, 1.82) is 0 Å². The molecule has 0 radical (unpaired) electrons. The second-order valence-corrected chi connectivity index (χ2v) is 11.0. The molecule has 1 fully saturated rings.